The molecule has 0 fully saturated rings. The summed E-state index contributed by atoms with van der Waals surface area (Å²) >= 11 is 1.48. The van der Waals surface area contributed by atoms with Crippen molar-refractivity contribution in [2.24, 2.45) is 0 Å². The van der Waals surface area contributed by atoms with E-state index >= 15 is 0 Å². The van der Waals surface area contributed by atoms with Crippen LogP contribution in [0.5, 0.6) is 0 Å². The number of thiazole rings is 1. The average molecular weight is 282 g/mol. The minimum Gasteiger partial charge on any atom is -0.360 e. The van der Waals surface area contributed by atoms with Gasteiger partial charge in [0.1, 0.15) is 9.84 Å². The van der Waals surface area contributed by atoms with Crippen LogP contribution in [0.1, 0.15) is 0 Å². The van der Waals surface area contributed by atoms with Crippen LogP contribution in [-0.2, 0) is 9.84 Å². The molecule has 0 radical (unpaired) electrons. The van der Waals surface area contributed by atoms with Crippen LogP contribution in [0.2, 0.25) is 0 Å². The van der Waals surface area contributed by atoms with Crippen LogP contribution in [0.3, 0.4) is 0 Å². The van der Waals surface area contributed by atoms with E-state index in [1.54, 1.807) is 0 Å². The molecule has 96 valence electrons. The van der Waals surface area contributed by atoms with Crippen LogP contribution < -0.4 is 5.32 Å². The van der Waals surface area contributed by atoms with Gasteiger partial charge in [-0.1, -0.05) is 30.3 Å². The van der Waals surface area contributed by atoms with Gasteiger partial charge in [0.2, 0.25) is 0 Å². The summed E-state index contributed by atoms with van der Waals surface area (Å²) in [5.74, 6) is 0.118. The highest BCUT2D eigenvalue weighted by Gasteiger charge is 2.05. The molecule has 1 heterocycles. The molecule has 6 heteroatoms. The highest BCUT2D eigenvalue weighted by Crippen LogP contribution is 2.24. The second-order valence-corrected chi connectivity index (χ2v) is 7.08. The molecule has 1 aromatic carbocycles. The van der Waals surface area contributed by atoms with Gasteiger partial charge < -0.3 is 5.32 Å². The van der Waals surface area contributed by atoms with Gasteiger partial charge in [-0.2, -0.15) is 0 Å². The molecular formula is C12H14N2O2S2. The van der Waals surface area contributed by atoms with Gasteiger partial charge in [0.15, 0.2) is 5.13 Å². The van der Waals surface area contributed by atoms with Gasteiger partial charge in [-0.05, 0) is 0 Å². The summed E-state index contributed by atoms with van der Waals surface area (Å²) in [6.45, 7) is 0.389. The molecule has 0 spiro atoms. The van der Waals surface area contributed by atoms with Gasteiger partial charge in [0.05, 0.1) is 11.4 Å². The van der Waals surface area contributed by atoms with Crippen molar-refractivity contribution in [1.82, 2.24) is 4.98 Å². The average Bonchev–Trinajstić information content (AvgIpc) is 2.77. The van der Waals surface area contributed by atoms with E-state index in [1.807, 2.05) is 35.7 Å². The number of anilines is 1. The van der Waals surface area contributed by atoms with Gasteiger partial charge in [0.25, 0.3) is 0 Å². The molecule has 1 N–H and O–H groups in total. The number of aromatic nitrogens is 1. The number of nitrogens with zero attached hydrogens (tertiary/aromatic N) is 1. The van der Waals surface area contributed by atoms with Crippen LogP contribution >= 0.6 is 11.3 Å². The van der Waals surface area contributed by atoms with Gasteiger partial charge in [0, 0.05) is 23.7 Å². The van der Waals surface area contributed by atoms with E-state index in [0.29, 0.717) is 6.54 Å². The number of nitrogens with one attached hydrogen (secondary N) is 1. The van der Waals surface area contributed by atoms with Crippen molar-refractivity contribution in [3.8, 4) is 11.3 Å². The monoisotopic (exact) mass is 282 g/mol. The molecule has 0 unspecified atom stereocenters. The van der Waals surface area contributed by atoms with Crippen LogP contribution in [-0.4, -0.2) is 32.0 Å². The third-order valence-corrected chi connectivity index (χ3v) is 4.07. The molecule has 0 aliphatic carbocycles. The van der Waals surface area contributed by atoms with E-state index in [0.717, 1.165) is 16.4 Å². The maximum Gasteiger partial charge on any atom is 0.183 e. The fourth-order valence-corrected chi connectivity index (χ4v) is 2.66. The Balaban J connectivity index is 1.99. The van der Waals surface area contributed by atoms with E-state index in [4.69, 9.17) is 0 Å². The number of hydrogen-bond donors (Lipinski definition) is 1. The Kier molecular flexibility index (Phi) is 3.98. The third kappa shape index (κ3) is 3.82. The van der Waals surface area contributed by atoms with Crippen molar-refractivity contribution in [2.45, 2.75) is 0 Å². The minimum absolute atomic E-state index is 0.118. The molecule has 0 amide bonds. The Morgan fingerprint density at radius 1 is 1.28 bits per heavy atom. The zero-order valence-electron chi connectivity index (χ0n) is 9.96. The van der Waals surface area contributed by atoms with Crippen LogP contribution in [0.15, 0.2) is 35.7 Å². The second-order valence-electron chi connectivity index (χ2n) is 3.96. The maximum absolute atomic E-state index is 11.0. The van der Waals surface area contributed by atoms with Crippen molar-refractivity contribution >= 4 is 26.3 Å². The molecule has 0 atom stereocenters. The highest BCUT2D eigenvalue weighted by atomic mass is 32.2. The fraction of sp³-hybridized carbons (Fsp3) is 0.250. The lowest BCUT2D eigenvalue weighted by atomic mass is 10.2. The maximum atomic E-state index is 11.0. The lowest BCUT2D eigenvalue weighted by molar-refractivity contribution is 0.602. The quantitative estimate of drug-likeness (QED) is 0.914. The molecule has 2 rings (SSSR count). The molecule has 0 saturated heterocycles. The molecule has 4 nitrogen and oxygen atoms in total. The molecule has 2 aromatic rings. The summed E-state index contributed by atoms with van der Waals surface area (Å²) in [5.41, 5.74) is 1.97. The SMILES string of the molecule is CS(=O)(=O)CCNc1nc(-c2ccccc2)cs1. The summed E-state index contributed by atoms with van der Waals surface area (Å²) in [4.78, 5) is 4.41. The van der Waals surface area contributed by atoms with Gasteiger partial charge in [-0.3, -0.25) is 0 Å². The topological polar surface area (TPSA) is 59.1 Å². The summed E-state index contributed by atoms with van der Waals surface area (Å²) in [6.07, 6.45) is 1.23. The largest absolute Gasteiger partial charge is 0.360 e. The number of hydrogen-bond acceptors (Lipinski definition) is 5. The number of rotatable bonds is 5. The molecule has 18 heavy (non-hydrogen) atoms. The van der Waals surface area contributed by atoms with Crippen LogP contribution in [0.25, 0.3) is 11.3 Å². The Hall–Kier alpha value is -1.40. The summed E-state index contributed by atoms with van der Waals surface area (Å²) < 4.78 is 22.0. The summed E-state index contributed by atoms with van der Waals surface area (Å²) in [7, 11) is -2.93. The Morgan fingerprint density at radius 3 is 2.67 bits per heavy atom. The van der Waals surface area contributed by atoms with Crippen molar-refractivity contribution in [3.05, 3.63) is 35.7 Å². The molecule has 0 aliphatic heterocycles. The predicted octanol–water partition coefficient (Wildman–Crippen LogP) is 2.27. The van der Waals surface area contributed by atoms with Gasteiger partial charge in [-0.15, -0.1) is 11.3 Å². The summed E-state index contributed by atoms with van der Waals surface area (Å²) in [5, 5.41) is 5.72. The lowest BCUT2D eigenvalue weighted by Crippen LogP contribution is -2.13. The van der Waals surface area contributed by atoms with Gasteiger partial charge >= 0.3 is 0 Å². The summed E-state index contributed by atoms with van der Waals surface area (Å²) in [6, 6.07) is 9.88. The first-order chi connectivity index (χ1) is 8.54. The Labute approximate surface area is 111 Å². The molecule has 0 aliphatic rings. The second kappa shape index (κ2) is 5.49. The lowest BCUT2D eigenvalue weighted by Gasteiger charge is -2.00. The van der Waals surface area contributed by atoms with Crippen molar-refractivity contribution in [2.75, 3.05) is 23.9 Å². The highest BCUT2D eigenvalue weighted by molar-refractivity contribution is 7.90. The predicted molar refractivity (Wildman–Crippen MR) is 75.8 cm³/mol. The van der Waals surface area contributed by atoms with Crippen molar-refractivity contribution in [1.29, 1.82) is 0 Å². The smallest absolute Gasteiger partial charge is 0.183 e. The molecular weight excluding hydrogens is 268 g/mol. The van der Waals surface area contributed by atoms with Crippen molar-refractivity contribution < 1.29 is 8.42 Å². The number of benzene rings is 1. The zero-order valence-corrected chi connectivity index (χ0v) is 11.6. The first kappa shape index (κ1) is 13.0. The first-order valence-electron chi connectivity index (χ1n) is 5.47. The van der Waals surface area contributed by atoms with E-state index in [9.17, 15) is 8.42 Å². The molecule has 1 aromatic heterocycles. The third-order valence-electron chi connectivity index (χ3n) is 2.32. The first-order valence-corrected chi connectivity index (χ1v) is 8.41. The van der Waals surface area contributed by atoms with E-state index in [-0.39, 0.29) is 5.75 Å². The van der Waals surface area contributed by atoms with E-state index < -0.39 is 9.84 Å². The Morgan fingerprint density at radius 2 is 2.00 bits per heavy atom. The van der Waals surface area contributed by atoms with Crippen LogP contribution in [0.4, 0.5) is 5.13 Å². The van der Waals surface area contributed by atoms with E-state index in [2.05, 4.69) is 10.3 Å². The normalized spacial score (nSPS) is 11.4. The van der Waals surface area contributed by atoms with Gasteiger partial charge in [-0.25, -0.2) is 13.4 Å². The number of sulfone groups is 1. The zero-order chi connectivity index (χ0) is 13.0. The Bertz CT molecular complexity index is 606. The minimum atomic E-state index is -2.93. The van der Waals surface area contributed by atoms with Crippen molar-refractivity contribution in [3.63, 3.8) is 0 Å². The van der Waals surface area contributed by atoms with E-state index in [1.165, 1.54) is 17.6 Å². The fourth-order valence-electron chi connectivity index (χ4n) is 1.44. The van der Waals surface area contributed by atoms with Crippen LogP contribution in [0, 0.1) is 0 Å². The molecule has 0 saturated carbocycles. The standard InChI is InChI=1S/C12H14N2O2S2/c1-18(15,16)8-7-13-12-14-11(9-17-12)10-5-3-2-4-6-10/h2-6,9H,7-8H2,1H3,(H,13,14). The molecule has 0 bridgehead atoms.